The van der Waals surface area contributed by atoms with Crippen molar-refractivity contribution in [3.05, 3.63) is 0 Å². The molecular weight excluding hydrogens is 224 g/mol. The molecule has 1 heterocycles. The minimum atomic E-state index is -0.925. The third kappa shape index (κ3) is 3.17. The van der Waals surface area contributed by atoms with Gasteiger partial charge >= 0.3 is 5.97 Å². The van der Waals surface area contributed by atoms with Gasteiger partial charge in [-0.15, -0.1) is 0 Å². The Morgan fingerprint density at radius 1 is 1.53 bits per heavy atom. The van der Waals surface area contributed by atoms with Gasteiger partial charge in [0.15, 0.2) is 0 Å². The van der Waals surface area contributed by atoms with Crippen LogP contribution in [-0.4, -0.2) is 53.7 Å². The second kappa shape index (κ2) is 5.97. The van der Waals surface area contributed by atoms with Gasteiger partial charge in [-0.2, -0.15) is 0 Å². The first-order chi connectivity index (χ1) is 7.99. The smallest absolute Gasteiger partial charge is 0.311 e. The minimum absolute atomic E-state index is 0.159. The molecule has 6 nitrogen and oxygen atoms in total. The molecule has 17 heavy (non-hydrogen) atoms. The lowest BCUT2D eigenvalue weighted by atomic mass is 10.0. The molecule has 0 bridgehead atoms. The lowest BCUT2D eigenvalue weighted by Gasteiger charge is -2.31. The molecule has 0 aromatic carbocycles. The fourth-order valence-corrected chi connectivity index (χ4v) is 2.03. The quantitative estimate of drug-likeness (QED) is 0.691. The minimum Gasteiger partial charge on any atom is -0.481 e. The molecule has 1 aliphatic heterocycles. The molecule has 3 unspecified atom stereocenters. The van der Waals surface area contributed by atoms with Gasteiger partial charge in [0.25, 0.3) is 0 Å². The standard InChI is InChI=1S/C11H20N2O4/c1-3-4-13(10(14)7(2)12)9-6-17-5-8(9)11(15)16/h7-9H,3-6,12H2,1-2H3,(H,15,16). The summed E-state index contributed by atoms with van der Waals surface area (Å²) >= 11 is 0. The molecular formula is C11H20N2O4. The van der Waals surface area contributed by atoms with Crippen LogP contribution >= 0.6 is 0 Å². The Bertz CT molecular complexity index is 293. The maximum atomic E-state index is 11.9. The topological polar surface area (TPSA) is 92.9 Å². The number of nitrogens with two attached hydrogens (primary N) is 1. The summed E-state index contributed by atoms with van der Waals surface area (Å²) in [4.78, 5) is 24.6. The van der Waals surface area contributed by atoms with Crippen molar-refractivity contribution in [2.24, 2.45) is 11.7 Å². The SMILES string of the molecule is CCCN(C(=O)C(C)N)C1COCC1C(=O)O. The third-order valence-corrected chi connectivity index (χ3v) is 2.91. The lowest BCUT2D eigenvalue weighted by molar-refractivity contribution is -0.145. The van der Waals surface area contributed by atoms with Crippen molar-refractivity contribution < 1.29 is 19.4 Å². The molecule has 3 N–H and O–H groups in total. The number of rotatable bonds is 5. The van der Waals surface area contributed by atoms with Gasteiger partial charge in [-0.1, -0.05) is 6.92 Å². The van der Waals surface area contributed by atoms with Gasteiger partial charge in [0, 0.05) is 6.54 Å². The molecule has 1 amide bonds. The molecule has 0 aromatic rings. The molecule has 0 saturated carbocycles. The number of carbonyl (C=O) groups excluding carboxylic acids is 1. The first-order valence-corrected chi connectivity index (χ1v) is 5.85. The number of hydrogen-bond acceptors (Lipinski definition) is 4. The number of carboxylic acid groups (broad SMARTS) is 1. The Labute approximate surface area is 101 Å². The largest absolute Gasteiger partial charge is 0.481 e. The van der Waals surface area contributed by atoms with E-state index in [0.29, 0.717) is 6.54 Å². The van der Waals surface area contributed by atoms with Gasteiger partial charge < -0.3 is 20.5 Å². The van der Waals surface area contributed by atoms with Gasteiger partial charge in [-0.05, 0) is 13.3 Å². The summed E-state index contributed by atoms with van der Waals surface area (Å²) in [6.07, 6.45) is 0.765. The van der Waals surface area contributed by atoms with E-state index in [1.807, 2.05) is 6.92 Å². The van der Waals surface area contributed by atoms with Crippen LogP contribution in [0.4, 0.5) is 0 Å². The summed E-state index contributed by atoms with van der Waals surface area (Å²) in [5, 5.41) is 9.07. The Balaban J connectivity index is 2.82. The van der Waals surface area contributed by atoms with E-state index in [1.54, 1.807) is 11.8 Å². The van der Waals surface area contributed by atoms with Crippen molar-refractivity contribution in [1.29, 1.82) is 0 Å². The first-order valence-electron chi connectivity index (χ1n) is 5.85. The fraction of sp³-hybridized carbons (Fsp3) is 0.818. The molecule has 6 heteroatoms. The fourth-order valence-electron chi connectivity index (χ4n) is 2.03. The number of hydrogen-bond donors (Lipinski definition) is 2. The second-order valence-corrected chi connectivity index (χ2v) is 4.37. The second-order valence-electron chi connectivity index (χ2n) is 4.37. The Hall–Kier alpha value is -1.14. The zero-order valence-electron chi connectivity index (χ0n) is 10.3. The molecule has 98 valence electrons. The number of aliphatic carboxylic acids is 1. The zero-order valence-corrected chi connectivity index (χ0v) is 10.3. The Morgan fingerprint density at radius 2 is 2.18 bits per heavy atom. The van der Waals surface area contributed by atoms with Gasteiger partial charge in [-0.25, -0.2) is 0 Å². The van der Waals surface area contributed by atoms with Crippen LogP contribution in [0.3, 0.4) is 0 Å². The van der Waals surface area contributed by atoms with E-state index in [-0.39, 0.29) is 19.1 Å². The van der Waals surface area contributed by atoms with E-state index in [2.05, 4.69) is 0 Å². The highest BCUT2D eigenvalue weighted by Gasteiger charge is 2.40. The predicted molar refractivity (Wildman–Crippen MR) is 61.4 cm³/mol. The van der Waals surface area contributed by atoms with Crippen LogP contribution in [0.1, 0.15) is 20.3 Å². The van der Waals surface area contributed by atoms with Gasteiger partial charge in [0.1, 0.15) is 5.92 Å². The summed E-state index contributed by atoms with van der Waals surface area (Å²) in [6, 6.07) is -1.01. The van der Waals surface area contributed by atoms with E-state index >= 15 is 0 Å². The third-order valence-electron chi connectivity index (χ3n) is 2.91. The molecule has 0 radical (unpaired) electrons. The maximum absolute atomic E-state index is 11.9. The van der Waals surface area contributed by atoms with Crippen LogP contribution in [0.15, 0.2) is 0 Å². The molecule has 1 aliphatic rings. The highest BCUT2D eigenvalue weighted by molar-refractivity contribution is 5.82. The van der Waals surface area contributed by atoms with Gasteiger partial charge in [0.05, 0.1) is 25.3 Å². The number of ether oxygens (including phenoxy) is 1. The highest BCUT2D eigenvalue weighted by Crippen LogP contribution is 2.21. The van der Waals surface area contributed by atoms with E-state index in [9.17, 15) is 9.59 Å². The average Bonchev–Trinajstić information content (AvgIpc) is 2.73. The van der Waals surface area contributed by atoms with Crippen molar-refractivity contribution in [3.8, 4) is 0 Å². The molecule has 1 saturated heterocycles. The molecule has 3 atom stereocenters. The number of amides is 1. The van der Waals surface area contributed by atoms with Crippen LogP contribution in [0, 0.1) is 5.92 Å². The summed E-state index contributed by atoms with van der Waals surface area (Å²) in [5.74, 6) is -1.79. The number of carboxylic acids is 1. The van der Waals surface area contributed by atoms with Crippen LogP contribution < -0.4 is 5.73 Å². The van der Waals surface area contributed by atoms with Crippen molar-refractivity contribution in [2.45, 2.75) is 32.4 Å². The Morgan fingerprint density at radius 3 is 2.65 bits per heavy atom. The van der Waals surface area contributed by atoms with Crippen LogP contribution in [0.5, 0.6) is 0 Å². The molecule has 0 spiro atoms. The maximum Gasteiger partial charge on any atom is 0.311 e. The predicted octanol–water partition coefficient (Wildman–Crippen LogP) is -0.328. The van der Waals surface area contributed by atoms with E-state index in [4.69, 9.17) is 15.6 Å². The monoisotopic (exact) mass is 244 g/mol. The van der Waals surface area contributed by atoms with Crippen molar-refractivity contribution >= 4 is 11.9 Å². The molecule has 1 fully saturated rings. The highest BCUT2D eigenvalue weighted by atomic mass is 16.5. The van der Waals surface area contributed by atoms with Crippen molar-refractivity contribution in [1.82, 2.24) is 4.90 Å². The Kier molecular flexibility index (Phi) is 4.89. The van der Waals surface area contributed by atoms with Crippen LogP contribution in [0.2, 0.25) is 0 Å². The number of nitrogens with zero attached hydrogens (tertiary/aromatic N) is 1. The molecule has 0 aliphatic carbocycles. The summed E-state index contributed by atoms with van der Waals surface area (Å²) < 4.78 is 5.17. The molecule has 0 aromatic heterocycles. The van der Waals surface area contributed by atoms with Crippen LogP contribution in [0.25, 0.3) is 0 Å². The van der Waals surface area contributed by atoms with Gasteiger partial charge in [-0.3, -0.25) is 9.59 Å². The van der Waals surface area contributed by atoms with Crippen molar-refractivity contribution in [2.75, 3.05) is 19.8 Å². The summed E-state index contributed by atoms with van der Waals surface area (Å²) in [7, 11) is 0. The normalized spacial score (nSPS) is 25.6. The first kappa shape index (κ1) is 13.9. The number of carbonyl (C=O) groups is 2. The zero-order chi connectivity index (χ0) is 13.0. The molecule has 1 rings (SSSR count). The summed E-state index contributed by atoms with van der Waals surface area (Å²) in [5.41, 5.74) is 5.58. The lowest BCUT2D eigenvalue weighted by Crippen LogP contribution is -2.51. The van der Waals surface area contributed by atoms with Gasteiger partial charge in [0.2, 0.25) is 5.91 Å². The van der Waals surface area contributed by atoms with E-state index in [0.717, 1.165) is 6.42 Å². The van der Waals surface area contributed by atoms with E-state index in [1.165, 1.54) is 0 Å². The average molecular weight is 244 g/mol. The van der Waals surface area contributed by atoms with Crippen LogP contribution in [-0.2, 0) is 14.3 Å². The summed E-state index contributed by atoms with van der Waals surface area (Å²) in [6.45, 7) is 4.49. The van der Waals surface area contributed by atoms with E-state index < -0.39 is 24.0 Å². The van der Waals surface area contributed by atoms with Crippen molar-refractivity contribution in [3.63, 3.8) is 0 Å².